The Bertz CT molecular complexity index is 218. The van der Waals surface area contributed by atoms with Crippen molar-refractivity contribution in [2.45, 2.75) is 23.6 Å². The molecule has 62 valence electrons. The summed E-state index contributed by atoms with van der Waals surface area (Å²) in [6, 6.07) is 4.61. The fourth-order valence-electron chi connectivity index (χ4n) is 0.895. The molecule has 0 amide bonds. The number of thiophene rings is 1. The Morgan fingerprint density at radius 2 is 2.36 bits per heavy atom. The Morgan fingerprint density at radius 3 is 2.82 bits per heavy atom. The second-order valence-corrected chi connectivity index (χ2v) is 4.88. The van der Waals surface area contributed by atoms with Gasteiger partial charge in [0.1, 0.15) is 0 Å². The van der Waals surface area contributed by atoms with Crippen LogP contribution in [-0.2, 0) is 6.42 Å². The van der Waals surface area contributed by atoms with Crippen molar-refractivity contribution in [3.05, 3.63) is 17.0 Å². The van der Waals surface area contributed by atoms with Gasteiger partial charge in [0.2, 0.25) is 0 Å². The van der Waals surface area contributed by atoms with Crippen molar-refractivity contribution in [2.75, 3.05) is 6.26 Å². The van der Waals surface area contributed by atoms with Crippen LogP contribution in [0.1, 0.15) is 11.8 Å². The molecule has 1 unspecified atom stereocenters. The summed E-state index contributed by atoms with van der Waals surface area (Å²) in [5, 5.41) is 0. The molecule has 0 aromatic carbocycles. The van der Waals surface area contributed by atoms with Gasteiger partial charge in [-0.05, 0) is 31.7 Å². The SMILES string of the molecule is CSc1ccc(CC(C)N)s1. The lowest BCUT2D eigenvalue weighted by Crippen LogP contribution is -2.16. The van der Waals surface area contributed by atoms with Gasteiger partial charge in [0.05, 0.1) is 4.21 Å². The molecule has 0 saturated heterocycles. The van der Waals surface area contributed by atoms with Crippen molar-refractivity contribution in [2.24, 2.45) is 5.73 Å². The topological polar surface area (TPSA) is 26.0 Å². The third-order valence-electron chi connectivity index (χ3n) is 1.36. The molecular formula is C8H13NS2. The number of thioether (sulfide) groups is 1. The van der Waals surface area contributed by atoms with Crippen molar-refractivity contribution in [1.29, 1.82) is 0 Å². The predicted octanol–water partition coefficient (Wildman–Crippen LogP) is 2.36. The van der Waals surface area contributed by atoms with Crippen LogP contribution in [0.25, 0.3) is 0 Å². The highest BCUT2D eigenvalue weighted by molar-refractivity contribution is 8.00. The van der Waals surface area contributed by atoms with Crippen LogP contribution in [0, 0.1) is 0 Å². The van der Waals surface area contributed by atoms with Crippen molar-refractivity contribution in [3.63, 3.8) is 0 Å². The van der Waals surface area contributed by atoms with E-state index in [1.807, 2.05) is 18.3 Å². The first kappa shape index (κ1) is 9.10. The first-order valence-corrected chi connectivity index (χ1v) is 5.65. The molecule has 2 N–H and O–H groups in total. The Morgan fingerprint density at radius 1 is 1.64 bits per heavy atom. The first-order valence-electron chi connectivity index (χ1n) is 3.60. The van der Waals surface area contributed by atoms with Gasteiger partial charge in [-0.3, -0.25) is 0 Å². The van der Waals surface area contributed by atoms with E-state index >= 15 is 0 Å². The molecule has 1 aromatic heterocycles. The lowest BCUT2D eigenvalue weighted by atomic mass is 10.2. The van der Waals surface area contributed by atoms with Gasteiger partial charge in [0.25, 0.3) is 0 Å². The summed E-state index contributed by atoms with van der Waals surface area (Å²) in [6.07, 6.45) is 3.10. The van der Waals surface area contributed by atoms with E-state index in [9.17, 15) is 0 Å². The fraction of sp³-hybridized carbons (Fsp3) is 0.500. The molecule has 3 heteroatoms. The Hall–Kier alpha value is 0.01000. The Labute approximate surface area is 76.0 Å². The molecule has 1 rings (SSSR count). The number of hydrogen-bond acceptors (Lipinski definition) is 3. The average Bonchev–Trinajstić information content (AvgIpc) is 2.34. The summed E-state index contributed by atoms with van der Waals surface area (Å²) in [6.45, 7) is 2.04. The zero-order valence-corrected chi connectivity index (χ0v) is 8.47. The van der Waals surface area contributed by atoms with E-state index in [1.165, 1.54) is 9.09 Å². The molecular weight excluding hydrogens is 174 g/mol. The van der Waals surface area contributed by atoms with Crippen LogP contribution in [-0.4, -0.2) is 12.3 Å². The van der Waals surface area contributed by atoms with Crippen molar-refractivity contribution < 1.29 is 0 Å². The second kappa shape index (κ2) is 4.14. The third-order valence-corrected chi connectivity index (χ3v) is 3.55. The summed E-state index contributed by atoms with van der Waals surface area (Å²) in [4.78, 5) is 1.39. The molecule has 0 fully saturated rings. The minimum atomic E-state index is 0.281. The van der Waals surface area contributed by atoms with Gasteiger partial charge in [-0.1, -0.05) is 0 Å². The molecule has 11 heavy (non-hydrogen) atoms. The molecule has 0 spiro atoms. The van der Waals surface area contributed by atoms with E-state index < -0.39 is 0 Å². The molecule has 0 saturated carbocycles. The van der Waals surface area contributed by atoms with Crippen molar-refractivity contribution >= 4 is 23.1 Å². The molecule has 0 radical (unpaired) electrons. The molecule has 0 aliphatic heterocycles. The summed E-state index contributed by atoms with van der Waals surface area (Å²) in [7, 11) is 0. The fourth-order valence-corrected chi connectivity index (χ4v) is 2.63. The first-order chi connectivity index (χ1) is 5.22. The summed E-state index contributed by atoms with van der Waals surface area (Å²) in [5.41, 5.74) is 5.68. The highest BCUT2D eigenvalue weighted by Gasteiger charge is 2.00. The van der Waals surface area contributed by atoms with Crippen LogP contribution in [0.4, 0.5) is 0 Å². The van der Waals surface area contributed by atoms with Gasteiger partial charge in [-0.2, -0.15) is 0 Å². The number of hydrogen-bond donors (Lipinski definition) is 1. The minimum absolute atomic E-state index is 0.281. The van der Waals surface area contributed by atoms with E-state index in [2.05, 4.69) is 18.4 Å². The third kappa shape index (κ3) is 2.85. The van der Waals surface area contributed by atoms with Crippen LogP contribution >= 0.6 is 23.1 Å². The van der Waals surface area contributed by atoms with E-state index in [0.29, 0.717) is 0 Å². The van der Waals surface area contributed by atoms with Gasteiger partial charge in [-0.15, -0.1) is 23.1 Å². The molecule has 1 heterocycles. The molecule has 0 bridgehead atoms. The lowest BCUT2D eigenvalue weighted by Gasteiger charge is -1.99. The Balaban J connectivity index is 2.58. The van der Waals surface area contributed by atoms with Gasteiger partial charge in [0.15, 0.2) is 0 Å². The normalized spacial score (nSPS) is 13.4. The Kier molecular flexibility index (Phi) is 3.43. The van der Waals surface area contributed by atoms with Gasteiger partial charge < -0.3 is 5.73 Å². The lowest BCUT2D eigenvalue weighted by molar-refractivity contribution is 0.746. The van der Waals surface area contributed by atoms with Crippen LogP contribution in [0.5, 0.6) is 0 Å². The van der Waals surface area contributed by atoms with E-state index in [4.69, 9.17) is 5.73 Å². The molecule has 1 nitrogen and oxygen atoms in total. The van der Waals surface area contributed by atoms with Gasteiger partial charge in [0, 0.05) is 10.9 Å². The van der Waals surface area contributed by atoms with Crippen molar-refractivity contribution in [1.82, 2.24) is 0 Å². The predicted molar refractivity (Wildman–Crippen MR) is 53.5 cm³/mol. The molecule has 0 aliphatic carbocycles. The van der Waals surface area contributed by atoms with Crippen molar-refractivity contribution in [3.8, 4) is 0 Å². The minimum Gasteiger partial charge on any atom is -0.328 e. The monoisotopic (exact) mass is 187 g/mol. The maximum atomic E-state index is 5.68. The van der Waals surface area contributed by atoms with E-state index in [1.54, 1.807) is 11.8 Å². The molecule has 1 atom stereocenters. The molecule has 1 aromatic rings. The highest BCUT2D eigenvalue weighted by Crippen LogP contribution is 2.25. The molecule has 0 aliphatic rings. The maximum Gasteiger partial charge on any atom is 0.0598 e. The second-order valence-electron chi connectivity index (χ2n) is 2.61. The van der Waals surface area contributed by atoms with Gasteiger partial charge in [-0.25, -0.2) is 0 Å². The largest absolute Gasteiger partial charge is 0.328 e. The van der Waals surface area contributed by atoms with Crippen LogP contribution in [0.15, 0.2) is 16.3 Å². The average molecular weight is 187 g/mol. The smallest absolute Gasteiger partial charge is 0.0598 e. The zero-order chi connectivity index (χ0) is 8.27. The summed E-state index contributed by atoms with van der Waals surface area (Å²) in [5.74, 6) is 0. The number of nitrogens with two attached hydrogens (primary N) is 1. The summed E-state index contributed by atoms with van der Waals surface area (Å²) < 4.78 is 1.38. The van der Waals surface area contributed by atoms with E-state index in [-0.39, 0.29) is 6.04 Å². The summed E-state index contributed by atoms with van der Waals surface area (Å²) >= 11 is 3.64. The highest BCUT2D eigenvalue weighted by atomic mass is 32.2. The van der Waals surface area contributed by atoms with Crippen LogP contribution in [0.2, 0.25) is 0 Å². The van der Waals surface area contributed by atoms with Crippen LogP contribution < -0.4 is 5.73 Å². The van der Waals surface area contributed by atoms with Gasteiger partial charge >= 0.3 is 0 Å². The van der Waals surface area contributed by atoms with E-state index in [0.717, 1.165) is 6.42 Å². The maximum absolute atomic E-state index is 5.68. The quantitative estimate of drug-likeness (QED) is 0.735. The number of rotatable bonds is 3. The van der Waals surface area contributed by atoms with Crippen LogP contribution in [0.3, 0.4) is 0 Å². The zero-order valence-electron chi connectivity index (χ0n) is 6.83. The standard InChI is InChI=1S/C8H13NS2/c1-6(9)5-7-3-4-8(10-2)11-7/h3-4,6H,5,9H2,1-2H3.